The minimum Gasteiger partial charge on any atom is -0.336 e. The lowest BCUT2D eigenvalue weighted by Crippen LogP contribution is -2.41. The predicted molar refractivity (Wildman–Crippen MR) is 85.5 cm³/mol. The number of likely N-dealkylation sites (tertiary alicyclic amines) is 1. The highest BCUT2D eigenvalue weighted by atomic mass is 35.5. The number of imide groups is 1. The number of nitrogens with zero attached hydrogens (tertiary/aromatic N) is 2. The van der Waals surface area contributed by atoms with Crippen LogP contribution in [0.1, 0.15) is 16.8 Å². The zero-order valence-electron chi connectivity index (χ0n) is 11.4. The SMILES string of the molecule is O=C(c1ccc(Cl)cc1Cl)N1CCC(N2C(=O)CSC2=O)C1. The number of amides is 3. The number of thioether (sulfide) groups is 1. The molecule has 0 spiro atoms. The number of benzene rings is 1. The predicted octanol–water partition coefficient (Wildman–Crippen LogP) is 2.90. The van der Waals surface area contributed by atoms with E-state index in [1.54, 1.807) is 17.0 Å². The second-order valence-corrected chi connectivity index (χ2v) is 6.91. The summed E-state index contributed by atoms with van der Waals surface area (Å²) < 4.78 is 0. The summed E-state index contributed by atoms with van der Waals surface area (Å²) in [7, 11) is 0. The third kappa shape index (κ3) is 2.83. The molecule has 1 atom stereocenters. The lowest BCUT2D eigenvalue weighted by molar-refractivity contribution is -0.126. The number of halogens is 2. The molecule has 0 saturated carbocycles. The average molecular weight is 359 g/mol. The Labute approximate surface area is 141 Å². The maximum absolute atomic E-state index is 12.5. The molecule has 116 valence electrons. The molecule has 1 aromatic carbocycles. The molecule has 1 aromatic rings. The molecular weight excluding hydrogens is 347 g/mol. The minimum absolute atomic E-state index is 0.182. The maximum Gasteiger partial charge on any atom is 0.289 e. The van der Waals surface area contributed by atoms with Gasteiger partial charge in [-0.25, -0.2) is 0 Å². The molecule has 2 saturated heterocycles. The molecule has 0 N–H and O–H groups in total. The average Bonchev–Trinajstić information content (AvgIpc) is 3.05. The van der Waals surface area contributed by atoms with Crippen LogP contribution in [0.15, 0.2) is 18.2 Å². The van der Waals surface area contributed by atoms with E-state index in [2.05, 4.69) is 0 Å². The fourth-order valence-corrected chi connectivity index (χ4v) is 3.95. The van der Waals surface area contributed by atoms with Gasteiger partial charge in [0.25, 0.3) is 11.1 Å². The second kappa shape index (κ2) is 6.10. The van der Waals surface area contributed by atoms with Crippen LogP contribution in [0, 0.1) is 0 Å². The summed E-state index contributed by atoms with van der Waals surface area (Å²) in [5, 5.41) is 0.532. The van der Waals surface area contributed by atoms with E-state index < -0.39 is 0 Å². The van der Waals surface area contributed by atoms with Gasteiger partial charge in [0.2, 0.25) is 5.91 Å². The van der Waals surface area contributed by atoms with Crippen molar-refractivity contribution >= 4 is 52.0 Å². The molecule has 2 aliphatic rings. The Morgan fingerprint density at radius 1 is 1.27 bits per heavy atom. The van der Waals surface area contributed by atoms with Crippen molar-refractivity contribution in [2.45, 2.75) is 12.5 Å². The molecule has 3 amide bonds. The highest BCUT2D eigenvalue weighted by molar-refractivity contribution is 8.14. The summed E-state index contributed by atoms with van der Waals surface area (Å²) in [5.41, 5.74) is 0.375. The van der Waals surface area contributed by atoms with Crippen molar-refractivity contribution in [2.24, 2.45) is 0 Å². The molecular formula is C14H12Cl2N2O3S. The highest BCUT2D eigenvalue weighted by Gasteiger charge is 2.40. The van der Waals surface area contributed by atoms with E-state index in [0.29, 0.717) is 35.1 Å². The molecule has 0 bridgehead atoms. The standard InChI is InChI=1S/C14H12Cl2N2O3S/c15-8-1-2-10(11(16)5-8)13(20)17-4-3-9(6-17)18-12(19)7-22-14(18)21/h1-2,5,9H,3-4,6-7H2. The summed E-state index contributed by atoms with van der Waals surface area (Å²) in [4.78, 5) is 38.9. The summed E-state index contributed by atoms with van der Waals surface area (Å²) in [6.07, 6.45) is 0.592. The Balaban J connectivity index is 1.73. The fourth-order valence-electron chi connectivity index (χ4n) is 2.69. The van der Waals surface area contributed by atoms with Crippen LogP contribution in [-0.2, 0) is 4.79 Å². The van der Waals surface area contributed by atoms with Crippen LogP contribution in [-0.4, -0.2) is 51.7 Å². The maximum atomic E-state index is 12.5. The van der Waals surface area contributed by atoms with Crippen LogP contribution >= 0.6 is 35.0 Å². The first-order valence-corrected chi connectivity index (χ1v) is 8.44. The van der Waals surface area contributed by atoms with Crippen LogP contribution in [0.25, 0.3) is 0 Å². The molecule has 0 aliphatic carbocycles. The summed E-state index contributed by atoms with van der Waals surface area (Å²) >= 11 is 12.9. The number of rotatable bonds is 2. The molecule has 0 aromatic heterocycles. The van der Waals surface area contributed by atoms with Gasteiger partial charge < -0.3 is 4.90 Å². The number of carbonyl (C=O) groups excluding carboxylic acids is 3. The van der Waals surface area contributed by atoms with E-state index >= 15 is 0 Å². The van der Waals surface area contributed by atoms with Gasteiger partial charge in [0.1, 0.15) is 0 Å². The molecule has 22 heavy (non-hydrogen) atoms. The molecule has 2 fully saturated rings. The van der Waals surface area contributed by atoms with E-state index in [9.17, 15) is 14.4 Å². The Kier molecular flexibility index (Phi) is 4.34. The third-order valence-corrected chi connectivity index (χ3v) is 5.14. The van der Waals surface area contributed by atoms with Crippen LogP contribution in [0.2, 0.25) is 10.0 Å². The van der Waals surface area contributed by atoms with Gasteiger partial charge in [-0.05, 0) is 24.6 Å². The molecule has 3 rings (SSSR count). The normalized spacial score (nSPS) is 21.8. The van der Waals surface area contributed by atoms with Crippen molar-refractivity contribution in [3.63, 3.8) is 0 Å². The van der Waals surface area contributed by atoms with Gasteiger partial charge in [0, 0.05) is 18.1 Å². The Morgan fingerprint density at radius 2 is 2.05 bits per heavy atom. The lowest BCUT2D eigenvalue weighted by atomic mass is 10.2. The largest absolute Gasteiger partial charge is 0.336 e. The number of hydrogen-bond donors (Lipinski definition) is 0. The fraction of sp³-hybridized carbons (Fsp3) is 0.357. The summed E-state index contributed by atoms with van der Waals surface area (Å²) in [6, 6.07) is 4.47. The van der Waals surface area contributed by atoms with Gasteiger partial charge >= 0.3 is 0 Å². The molecule has 8 heteroatoms. The highest BCUT2D eigenvalue weighted by Crippen LogP contribution is 2.28. The van der Waals surface area contributed by atoms with Crippen LogP contribution in [0.3, 0.4) is 0 Å². The van der Waals surface area contributed by atoms with E-state index in [1.165, 1.54) is 11.0 Å². The van der Waals surface area contributed by atoms with Crippen molar-refractivity contribution in [3.05, 3.63) is 33.8 Å². The second-order valence-electron chi connectivity index (χ2n) is 5.14. The van der Waals surface area contributed by atoms with Crippen molar-refractivity contribution in [3.8, 4) is 0 Å². The summed E-state index contributed by atoms with van der Waals surface area (Å²) in [5.74, 6) is -0.207. The molecule has 5 nitrogen and oxygen atoms in total. The first-order valence-electron chi connectivity index (χ1n) is 6.70. The quantitative estimate of drug-likeness (QED) is 0.815. The van der Waals surface area contributed by atoms with Crippen LogP contribution in [0.4, 0.5) is 4.79 Å². The van der Waals surface area contributed by atoms with Gasteiger partial charge in [-0.2, -0.15) is 0 Å². The number of carbonyl (C=O) groups is 3. The lowest BCUT2D eigenvalue weighted by Gasteiger charge is -2.22. The smallest absolute Gasteiger partial charge is 0.289 e. The Bertz CT molecular complexity index is 651. The molecule has 1 unspecified atom stereocenters. The Morgan fingerprint density at radius 3 is 2.68 bits per heavy atom. The van der Waals surface area contributed by atoms with Gasteiger partial charge in [0.05, 0.1) is 22.4 Å². The molecule has 0 radical (unpaired) electrons. The van der Waals surface area contributed by atoms with Crippen molar-refractivity contribution < 1.29 is 14.4 Å². The number of hydrogen-bond acceptors (Lipinski definition) is 4. The van der Waals surface area contributed by atoms with Crippen molar-refractivity contribution in [1.29, 1.82) is 0 Å². The van der Waals surface area contributed by atoms with Gasteiger partial charge in [0.15, 0.2) is 0 Å². The topological polar surface area (TPSA) is 57.7 Å². The summed E-state index contributed by atoms with van der Waals surface area (Å²) in [6.45, 7) is 0.833. The first kappa shape index (κ1) is 15.6. The monoisotopic (exact) mass is 358 g/mol. The van der Waals surface area contributed by atoms with Crippen LogP contribution < -0.4 is 0 Å². The van der Waals surface area contributed by atoms with Crippen LogP contribution in [0.5, 0.6) is 0 Å². The van der Waals surface area contributed by atoms with E-state index in [4.69, 9.17) is 23.2 Å². The third-order valence-electron chi connectivity index (χ3n) is 3.76. The van der Waals surface area contributed by atoms with Gasteiger partial charge in [-0.15, -0.1) is 0 Å². The van der Waals surface area contributed by atoms with Gasteiger partial charge in [-0.1, -0.05) is 35.0 Å². The van der Waals surface area contributed by atoms with E-state index in [0.717, 1.165) is 11.8 Å². The van der Waals surface area contributed by atoms with E-state index in [1.807, 2.05) is 0 Å². The zero-order chi connectivity index (χ0) is 15.9. The van der Waals surface area contributed by atoms with Gasteiger partial charge in [-0.3, -0.25) is 19.3 Å². The molecule has 2 aliphatic heterocycles. The zero-order valence-corrected chi connectivity index (χ0v) is 13.7. The van der Waals surface area contributed by atoms with Crippen molar-refractivity contribution in [1.82, 2.24) is 9.80 Å². The first-order chi connectivity index (χ1) is 10.5. The van der Waals surface area contributed by atoms with E-state index in [-0.39, 0.29) is 28.8 Å². The molecule has 2 heterocycles. The van der Waals surface area contributed by atoms with Crippen molar-refractivity contribution in [2.75, 3.05) is 18.8 Å². The Hall–Kier alpha value is -1.24. The minimum atomic E-state index is -0.245.